The van der Waals surface area contributed by atoms with Gasteiger partial charge in [0.1, 0.15) is 0 Å². The van der Waals surface area contributed by atoms with E-state index in [1.165, 1.54) is 5.01 Å². The Bertz CT molecular complexity index is 826. The molecule has 1 aliphatic heterocycles. The van der Waals surface area contributed by atoms with Crippen molar-refractivity contribution in [1.29, 1.82) is 0 Å². The Kier molecular flexibility index (Phi) is 5.46. The van der Waals surface area contributed by atoms with Crippen LogP contribution in [0.1, 0.15) is 41.4 Å². The second-order valence-electron chi connectivity index (χ2n) is 6.14. The minimum atomic E-state index is -0.182. The Balaban J connectivity index is 1.60. The summed E-state index contributed by atoms with van der Waals surface area (Å²) in [6.45, 7) is 5.26. The van der Waals surface area contributed by atoms with Gasteiger partial charge in [0.25, 0.3) is 5.91 Å². The highest BCUT2D eigenvalue weighted by Gasteiger charge is 2.21. The monoisotopic (exact) mass is 353 g/mol. The van der Waals surface area contributed by atoms with Gasteiger partial charge in [-0.15, -0.1) is 0 Å². The number of nitrogens with one attached hydrogen (secondary N) is 1. The highest BCUT2D eigenvalue weighted by molar-refractivity contribution is 6.04. The number of nitrogens with zero attached hydrogens (tertiary/aromatic N) is 4. The van der Waals surface area contributed by atoms with Gasteiger partial charge in [-0.05, 0) is 19.4 Å². The molecule has 0 atom stereocenters. The molecule has 1 aliphatic rings. The van der Waals surface area contributed by atoms with Gasteiger partial charge < -0.3 is 5.32 Å². The van der Waals surface area contributed by atoms with E-state index >= 15 is 0 Å². The quantitative estimate of drug-likeness (QED) is 0.862. The van der Waals surface area contributed by atoms with Gasteiger partial charge in [-0.25, -0.2) is 5.01 Å². The summed E-state index contributed by atoms with van der Waals surface area (Å²) < 4.78 is 1.78. The van der Waals surface area contributed by atoms with E-state index in [1.807, 2.05) is 44.2 Å². The largest absolute Gasteiger partial charge is 0.350 e. The van der Waals surface area contributed by atoms with E-state index in [-0.39, 0.29) is 11.8 Å². The molecule has 1 aromatic carbocycles. The Morgan fingerprint density at radius 3 is 2.69 bits per heavy atom. The fourth-order valence-electron chi connectivity index (χ4n) is 2.97. The van der Waals surface area contributed by atoms with Crippen molar-refractivity contribution < 1.29 is 9.59 Å². The Labute approximate surface area is 152 Å². The molecule has 0 unspecified atom stereocenters. The summed E-state index contributed by atoms with van der Waals surface area (Å²) in [4.78, 5) is 24.4. The molecular formula is C19H23N5O2. The predicted molar refractivity (Wildman–Crippen MR) is 98.9 cm³/mol. The number of aryl methyl sites for hydroxylation is 1. The molecule has 0 saturated heterocycles. The number of amides is 2. The molecule has 1 N–H and O–H groups in total. The molecule has 2 heterocycles. The van der Waals surface area contributed by atoms with Crippen molar-refractivity contribution in [2.75, 3.05) is 13.1 Å². The van der Waals surface area contributed by atoms with Crippen LogP contribution in [0.15, 0.2) is 41.6 Å². The van der Waals surface area contributed by atoms with Crippen molar-refractivity contribution in [2.45, 2.75) is 33.2 Å². The fourth-order valence-corrected chi connectivity index (χ4v) is 2.97. The SMILES string of the molecule is CCn1ncc(C(=O)NCCN2N=C(c3ccccc3)CCC2=O)c1C. The molecule has 0 fully saturated rings. The third-order valence-corrected chi connectivity index (χ3v) is 4.47. The molecule has 0 spiro atoms. The first kappa shape index (κ1) is 17.8. The summed E-state index contributed by atoms with van der Waals surface area (Å²) in [7, 11) is 0. The van der Waals surface area contributed by atoms with Crippen LogP contribution in [0.25, 0.3) is 0 Å². The van der Waals surface area contributed by atoms with Crippen molar-refractivity contribution in [3.05, 3.63) is 53.3 Å². The molecule has 2 amide bonds. The summed E-state index contributed by atoms with van der Waals surface area (Å²) >= 11 is 0. The predicted octanol–water partition coefficient (Wildman–Crippen LogP) is 1.97. The van der Waals surface area contributed by atoms with E-state index < -0.39 is 0 Å². The number of carbonyl (C=O) groups excluding carboxylic acids is 2. The summed E-state index contributed by atoms with van der Waals surface area (Å²) in [5.41, 5.74) is 3.32. The van der Waals surface area contributed by atoms with Crippen LogP contribution in [0.4, 0.5) is 0 Å². The molecule has 7 nitrogen and oxygen atoms in total. The van der Waals surface area contributed by atoms with Gasteiger partial charge in [0.15, 0.2) is 0 Å². The van der Waals surface area contributed by atoms with Crippen LogP contribution in [0.3, 0.4) is 0 Å². The first-order valence-electron chi connectivity index (χ1n) is 8.84. The van der Waals surface area contributed by atoms with Crippen molar-refractivity contribution >= 4 is 17.5 Å². The molecular weight excluding hydrogens is 330 g/mol. The molecule has 136 valence electrons. The average molecular weight is 353 g/mol. The van der Waals surface area contributed by atoms with Gasteiger partial charge >= 0.3 is 0 Å². The maximum atomic E-state index is 12.3. The normalized spacial score (nSPS) is 14.3. The number of benzene rings is 1. The lowest BCUT2D eigenvalue weighted by atomic mass is 10.0. The number of hydrogen-bond acceptors (Lipinski definition) is 4. The first-order valence-corrected chi connectivity index (χ1v) is 8.84. The molecule has 2 aromatic rings. The highest BCUT2D eigenvalue weighted by atomic mass is 16.2. The van der Waals surface area contributed by atoms with Gasteiger partial charge in [0, 0.05) is 31.6 Å². The molecule has 7 heteroatoms. The Hall–Kier alpha value is -2.96. The molecule has 0 radical (unpaired) electrons. The van der Waals surface area contributed by atoms with Gasteiger partial charge in [-0.3, -0.25) is 14.3 Å². The third kappa shape index (κ3) is 3.82. The van der Waals surface area contributed by atoms with Crippen LogP contribution >= 0.6 is 0 Å². The van der Waals surface area contributed by atoms with E-state index in [4.69, 9.17) is 0 Å². The number of rotatable bonds is 6. The van der Waals surface area contributed by atoms with Gasteiger partial charge in [-0.1, -0.05) is 30.3 Å². The second kappa shape index (κ2) is 7.95. The van der Waals surface area contributed by atoms with Crippen LogP contribution < -0.4 is 5.32 Å². The van der Waals surface area contributed by atoms with Crippen LogP contribution in [-0.2, 0) is 11.3 Å². The molecule has 3 rings (SSSR count). The summed E-state index contributed by atoms with van der Waals surface area (Å²) in [6.07, 6.45) is 2.65. The molecule has 0 saturated carbocycles. The zero-order valence-electron chi connectivity index (χ0n) is 15.1. The van der Waals surface area contributed by atoms with Crippen molar-refractivity contribution in [2.24, 2.45) is 5.10 Å². The third-order valence-electron chi connectivity index (χ3n) is 4.47. The molecule has 0 aliphatic carbocycles. The number of hydrogen-bond donors (Lipinski definition) is 1. The smallest absolute Gasteiger partial charge is 0.254 e. The van der Waals surface area contributed by atoms with Gasteiger partial charge in [0.2, 0.25) is 5.91 Å². The summed E-state index contributed by atoms with van der Waals surface area (Å²) in [6, 6.07) is 9.84. The van der Waals surface area contributed by atoms with Gasteiger partial charge in [0.05, 0.1) is 24.0 Å². The zero-order chi connectivity index (χ0) is 18.5. The van der Waals surface area contributed by atoms with Gasteiger partial charge in [-0.2, -0.15) is 10.2 Å². The topological polar surface area (TPSA) is 79.6 Å². The maximum Gasteiger partial charge on any atom is 0.254 e. The van der Waals surface area contributed by atoms with Crippen molar-refractivity contribution in [3.8, 4) is 0 Å². The summed E-state index contributed by atoms with van der Waals surface area (Å²) in [5, 5.41) is 12.9. The lowest BCUT2D eigenvalue weighted by Crippen LogP contribution is -2.38. The Morgan fingerprint density at radius 2 is 2.00 bits per heavy atom. The minimum Gasteiger partial charge on any atom is -0.350 e. The number of hydrazone groups is 1. The zero-order valence-corrected chi connectivity index (χ0v) is 15.1. The van der Waals surface area contributed by atoms with Crippen molar-refractivity contribution in [1.82, 2.24) is 20.1 Å². The lowest BCUT2D eigenvalue weighted by molar-refractivity contribution is -0.131. The van der Waals surface area contributed by atoms with Crippen LogP contribution in [0.2, 0.25) is 0 Å². The standard InChI is InChI=1S/C19H23N5O2/c1-3-23-14(2)16(13-21-23)19(26)20-11-12-24-18(25)10-9-17(22-24)15-7-5-4-6-8-15/h4-8,13H,3,9-12H2,1-2H3,(H,20,26). The van der Waals surface area contributed by atoms with E-state index in [1.54, 1.807) is 10.9 Å². The maximum absolute atomic E-state index is 12.3. The van der Waals surface area contributed by atoms with E-state index in [2.05, 4.69) is 15.5 Å². The summed E-state index contributed by atoms with van der Waals surface area (Å²) in [5.74, 6) is -0.201. The molecule has 26 heavy (non-hydrogen) atoms. The lowest BCUT2D eigenvalue weighted by Gasteiger charge is -2.23. The number of carbonyl (C=O) groups is 2. The average Bonchev–Trinajstić information content (AvgIpc) is 3.04. The molecule has 0 bridgehead atoms. The van der Waals surface area contributed by atoms with E-state index in [0.29, 0.717) is 31.5 Å². The Morgan fingerprint density at radius 1 is 1.23 bits per heavy atom. The molecule has 1 aromatic heterocycles. The van der Waals surface area contributed by atoms with Crippen LogP contribution in [0, 0.1) is 6.92 Å². The fraction of sp³-hybridized carbons (Fsp3) is 0.368. The number of aromatic nitrogens is 2. The minimum absolute atomic E-state index is 0.0195. The van der Waals surface area contributed by atoms with Crippen LogP contribution in [0.5, 0.6) is 0 Å². The second-order valence-corrected chi connectivity index (χ2v) is 6.14. The van der Waals surface area contributed by atoms with Crippen molar-refractivity contribution in [3.63, 3.8) is 0 Å². The van der Waals surface area contributed by atoms with Crippen LogP contribution in [-0.4, -0.2) is 45.4 Å². The van der Waals surface area contributed by atoms with E-state index in [0.717, 1.165) is 23.5 Å². The van der Waals surface area contributed by atoms with E-state index in [9.17, 15) is 9.59 Å². The highest BCUT2D eigenvalue weighted by Crippen LogP contribution is 2.14. The first-order chi connectivity index (χ1) is 12.6.